The summed E-state index contributed by atoms with van der Waals surface area (Å²) in [7, 11) is 0. The number of fused-ring (bicyclic) bond motifs is 1. The van der Waals surface area contributed by atoms with Gasteiger partial charge in [-0.2, -0.15) is 0 Å². The van der Waals surface area contributed by atoms with Crippen molar-refractivity contribution in [3.05, 3.63) is 90.0 Å². The standard InChI is InChI=1S/C34H39NO4/c1-2-3-22-39-34(26-9-15-30(16-10-26)38-23-21-35-19-5-4-6-20-35)33-31(25-7-12-28(36)13-8-25)17-11-27-24-29(37)14-18-32(27)33/h7-18,24,34,36-37H,2-6,19-23H2,1H3. The highest BCUT2D eigenvalue weighted by Gasteiger charge is 2.23. The van der Waals surface area contributed by atoms with E-state index in [4.69, 9.17) is 9.47 Å². The largest absolute Gasteiger partial charge is 0.508 e. The molecule has 0 aromatic heterocycles. The van der Waals surface area contributed by atoms with Crippen molar-refractivity contribution in [3.63, 3.8) is 0 Å². The van der Waals surface area contributed by atoms with E-state index in [9.17, 15) is 10.2 Å². The van der Waals surface area contributed by atoms with Crippen LogP contribution in [-0.4, -0.2) is 48.0 Å². The molecule has 1 heterocycles. The highest BCUT2D eigenvalue weighted by Crippen LogP contribution is 2.41. The quantitative estimate of drug-likeness (QED) is 0.197. The highest BCUT2D eigenvalue weighted by atomic mass is 16.5. The van der Waals surface area contributed by atoms with Gasteiger partial charge in [0.2, 0.25) is 0 Å². The van der Waals surface area contributed by atoms with Crippen LogP contribution >= 0.6 is 0 Å². The summed E-state index contributed by atoms with van der Waals surface area (Å²) in [6, 6.07) is 25.2. The molecule has 5 rings (SSSR count). The molecule has 1 aliphatic rings. The molecule has 4 aromatic rings. The van der Waals surface area contributed by atoms with Crippen LogP contribution in [0.25, 0.3) is 21.9 Å². The number of aromatic hydroxyl groups is 2. The van der Waals surface area contributed by atoms with Gasteiger partial charge in [-0.3, -0.25) is 4.90 Å². The molecule has 0 bridgehead atoms. The van der Waals surface area contributed by atoms with Crippen molar-refractivity contribution in [1.82, 2.24) is 4.90 Å². The average Bonchev–Trinajstić information content (AvgIpc) is 2.96. The lowest BCUT2D eigenvalue weighted by Crippen LogP contribution is -2.33. The molecule has 204 valence electrons. The molecule has 0 radical (unpaired) electrons. The number of hydrogen-bond acceptors (Lipinski definition) is 5. The van der Waals surface area contributed by atoms with Crippen LogP contribution in [0.4, 0.5) is 0 Å². The third-order valence-corrected chi connectivity index (χ3v) is 7.58. The zero-order valence-corrected chi connectivity index (χ0v) is 22.8. The van der Waals surface area contributed by atoms with Crippen LogP contribution in [0.3, 0.4) is 0 Å². The van der Waals surface area contributed by atoms with Crippen LogP contribution in [0.1, 0.15) is 56.3 Å². The maximum absolute atomic E-state index is 10.2. The summed E-state index contributed by atoms with van der Waals surface area (Å²) in [5.41, 5.74) is 4.14. The number of benzene rings is 4. The Balaban J connectivity index is 1.48. The van der Waals surface area contributed by atoms with Crippen LogP contribution in [0.5, 0.6) is 17.2 Å². The molecule has 1 aliphatic heterocycles. The van der Waals surface area contributed by atoms with Crippen molar-refractivity contribution in [2.45, 2.75) is 45.1 Å². The zero-order valence-electron chi connectivity index (χ0n) is 22.8. The van der Waals surface area contributed by atoms with E-state index in [0.29, 0.717) is 13.2 Å². The summed E-state index contributed by atoms with van der Waals surface area (Å²) in [5.74, 6) is 1.34. The predicted molar refractivity (Wildman–Crippen MR) is 158 cm³/mol. The van der Waals surface area contributed by atoms with Gasteiger partial charge in [0, 0.05) is 18.7 Å². The maximum atomic E-state index is 10.2. The van der Waals surface area contributed by atoms with Crippen molar-refractivity contribution >= 4 is 10.8 Å². The number of nitrogens with zero attached hydrogens (tertiary/aromatic N) is 1. The van der Waals surface area contributed by atoms with E-state index in [0.717, 1.165) is 58.2 Å². The Hall–Kier alpha value is -3.54. The van der Waals surface area contributed by atoms with Crippen LogP contribution in [0, 0.1) is 0 Å². The SMILES string of the molecule is CCCCOC(c1ccc(OCCN2CCCCC2)cc1)c1c(-c2ccc(O)cc2)ccc2cc(O)ccc12. The Morgan fingerprint density at radius 2 is 1.54 bits per heavy atom. The van der Waals surface area contributed by atoms with E-state index < -0.39 is 0 Å². The lowest BCUT2D eigenvalue weighted by atomic mass is 9.88. The normalized spacial score (nSPS) is 14.9. The maximum Gasteiger partial charge on any atom is 0.119 e. The number of ether oxygens (including phenoxy) is 2. The molecule has 1 saturated heterocycles. The predicted octanol–water partition coefficient (Wildman–Crippen LogP) is 7.69. The van der Waals surface area contributed by atoms with Crippen LogP contribution in [-0.2, 0) is 4.74 Å². The molecule has 0 saturated carbocycles. The number of piperidine rings is 1. The van der Waals surface area contributed by atoms with Crippen LogP contribution in [0.2, 0.25) is 0 Å². The number of phenols is 2. The molecule has 4 aromatic carbocycles. The van der Waals surface area contributed by atoms with E-state index in [2.05, 4.69) is 30.0 Å². The van der Waals surface area contributed by atoms with Gasteiger partial charge in [0.15, 0.2) is 0 Å². The number of unbranched alkanes of at least 4 members (excludes halogenated alkanes) is 1. The number of rotatable bonds is 11. The molecule has 1 atom stereocenters. The monoisotopic (exact) mass is 525 g/mol. The van der Waals surface area contributed by atoms with Gasteiger partial charge in [-0.25, -0.2) is 0 Å². The molecule has 2 N–H and O–H groups in total. The minimum absolute atomic E-state index is 0.234. The summed E-state index contributed by atoms with van der Waals surface area (Å²) >= 11 is 0. The topological polar surface area (TPSA) is 62.2 Å². The van der Waals surface area contributed by atoms with Crippen LogP contribution in [0.15, 0.2) is 78.9 Å². The number of hydrogen-bond donors (Lipinski definition) is 2. The van der Waals surface area contributed by atoms with Crippen molar-refractivity contribution < 1.29 is 19.7 Å². The van der Waals surface area contributed by atoms with Crippen LogP contribution < -0.4 is 4.74 Å². The lowest BCUT2D eigenvalue weighted by Gasteiger charge is -2.26. The first-order chi connectivity index (χ1) is 19.1. The molecule has 5 nitrogen and oxygen atoms in total. The first-order valence-corrected chi connectivity index (χ1v) is 14.2. The van der Waals surface area contributed by atoms with E-state index >= 15 is 0 Å². The van der Waals surface area contributed by atoms with Gasteiger partial charge in [-0.1, -0.05) is 62.2 Å². The Morgan fingerprint density at radius 3 is 2.28 bits per heavy atom. The molecule has 0 aliphatic carbocycles. The minimum Gasteiger partial charge on any atom is -0.508 e. The lowest BCUT2D eigenvalue weighted by molar-refractivity contribution is 0.0790. The fourth-order valence-corrected chi connectivity index (χ4v) is 5.42. The fraction of sp³-hybridized carbons (Fsp3) is 0.353. The highest BCUT2D eigenvalue weighted by molar-refractivity contribution is 5.93. The van der Waals surface area contributed by atoms with Gasteiger partial charge in [-0.15, -0.1) is 0 Å². The van der Waals surface area contributed by atoms with Gasteiger partial charge in [-0.05, 0) is 96.2 Å². The smallest absolute Gasteiger partial charge is 0.119 e. The molecule has 0 amide bonds. The van der Waals surface area contributed by atoms with Gasteiger partial charge < -0.3 is 19.7 Å². The van der Waals surface area contributed by atoms with E-state index in [-0.39, 0.29) is 17.6 Å². The molecule has 5 heteroatoms. The van der Waals surface area contributed by atoms with Crippen molar-refractivity contribution in [3.8, 4) is 28.4 Å². The summed E-state index contributed by atoms with van der Waals surface area (Å²) in [6.45, 7) is 6.79. The van der Waals surface area contributed by atoms with Gasteiger partial charge in [0.25, 0.3) is 0 Å². The summed E-state index contributed by atoms with van der Waals surface area (Å²) in [6.07, 6.45) is 5.62. The van der Waals surface area contributed by atoms with E-state index in [1.54, 1.807) is 24.3 Å². The second kappa shape index (κ2) is 13.0. The molecule has 0 spiro atoms. The fourth-order valence-electron chi connectivity index (χ4n) is 5.42. The van der Waals surface area contributed by atoms with Gasteiger partial charge in [0.1, 0.15) is 30.0 Å². The molecular weight excluding hydrogens is 486 g/mol. The second-order valence-electron chi connectivity index (χ2n) is 10.4. The molecule has 1 fully saturated rings. The minimum atomic E-state index is -0.309. The zero-order chi connectivity index (χ0) is 27.0. The molecular formula is C34H39NO4. The molecule has 39 heavy (non-hydrogen) atoms. The van der Waals surface area contributed by atoms with Crippen molar-refractivity contribution in [2.24, 2.45) is 0 Å². The number of likely N-dealkylation sites (tertiary alicyclic amines) is 1. The van der Waals surface area contributed by atoms with E-state index in [1.807, 2.05) is 36.4 Å². The third-order valence-electron chi connectivity index (χ3n) is 7.58. The summed E-state index contributed by atoms with van der Waals surface area (Å²) in [4.78, 5) is 2.48. The second-order valence-corrected chi connectivity index (χ2v) is 10.4. The van der Waals surface area contributed by atoms with Gasteiger partial charge >= 0.3 is 0 Å². The first-order valence-electron chi connectivity index (χ1n) is 14.2. The Bertz CT molecular complexity index is 1340. The summed E-state index contributed by atoms with van der Waals surface area (Å²) < 4.78 is 12.7. The number of phenolic OH excluding ortho intramolecular Hbond substituents is 2. The Kier molecular flexibility index (Phi) is 9.02. The van der Waals surface area contributed by atoms with Crippen molar-refractivity contribution in [2.75, 3.05) is 32.8 Å². The Labute approximate surface area is 231 Å². The third kappa shape index (κ3) is 6.73. The Morgan fingerprint density at radius 1 is 0.795 bits per heavy atom. The van der Waals surface area contributed by atoms with E-state index in [1.165, 1.54) is 32.4 Å². The summed E-state index contributed by atoms with van der Waals surface area (Å²) in [5, 5.41) is 22.1. The molecule has 1 unspecified atom stereocenters. The first kappa shape index (κ1) is 27.0. The average molecular weight is 526 g/mol. The van der Waals surface area contributed by atoms with Crippen molar-refractivity contribution in [1.29, 1.82) is 0 Å². The van der Waals surface area contributed by atoms with Gasteiger partial charge in [0.05, 0.1) is 0 Å².